The van der Waals surface area contributed by atoms with Gasteiger partial charge in [-0.05, 0) is 42.9 Å². The van der Waals surface area contributed by atoms with Gasteiger partial charge < -0.3 is 10.2 Å². The Bertz CT molecular complexity index is 943. The molecule has 0 aliphatic carbocycles. The van der Waals surface area contributed by atoms with Crippen LogP contribution in [0.3, 0.4) is 0 Å². The van der Waals surface area contributed by atoms with Crippen LogP contribution in [-0.4, -0.2) is 39.6 Å². The van der Waals surface area contributed by atoms with Crippen molar-refractivity contribution in [2.24, 2.45) is 11.8 Å². The summed E-state index contributed by atoms with van der Waals surface area (Å²) >= 11 is 0. The zero-order valence-electron chi connectivity index (χ0n) is 17.2. The SMILES string of the molecule is CCCn1nc(C(=O)Nc2ccccc2C(=O)N2C[C@H](C)C[C@@H](C)C2)ccc1=O. The molecule has 0 radical (unpaired) electrons. The van der Waals surface area contributed by atoms with Crippen molar-refractivity contribution in [2.75, 3.05) is 18.4 Å². The zero-order valence-corrected chi connectivity index (χ0v) is 17.2. The molecule has 1 aromatic heterocycles. The zero-order chi connectivity index (χ0) is 21.0. The summed E-state index contributed by atoms with van der Waals surface area (Å²) in [7, 11) is 0. The first-order valence-electron chi connectivity index (χ1n) is 10.2. The van der Waals surface area contributed by atoms with Gasteiger partial charge in [0, 0.05) is 25.7 Å². The predicted octanol–water partition coefficient (Wildman–Crippen LogP) is 3.02. The normalized spacial score (nSPS) is 19.1. The summed E-state index contributed by atoms with van der Waals surface area (Å²) in [5.41, 5.74) is 0.806. The molecule has 2 amide bonds. The number of piperidine rings is 1. The smallest absolute Gasteiger partial charge is 0.276 e. The van der Waals surface area contributed by atoms with E-state index in [1.165, 1.54) is 16.8 Å². The molecule has 3 rings (SSSR count). The number of rotatable bonds is 5. The van der Waals surface area contributed by atoms with Crippen LogP contribution in [0.15, 0.2) is 41.2 Å². The number of nitrogens with zero attached hydrogens (tertiary/aromatic N) is 3. The Balaban J connectivity index is 1.82. The number of hydrogen-bond donors (Lipinski definition) is 1. The van der Waals surface area contributed by atoms with E-state index in [0.717, 1.165) is 25.9 Å². The molecule has 1 aromatic carbocycles. The lowest BCUT2D eigenvalue weighted by molar-refractivity contribution is 0.0624. The van der Waals surface area contributed by atoms with Crippen molar-refractivity contribution in [3.63, 3.8) is 0 Å². The minimum absolute atomic E-state index is 0.0804. The topological polar surface area (TPSA) is 84.3 Å². The Morgan fingerprint density at radius 2 is 1.79 bits per heavy atom. The molecule has 29 heavy (non-hydrogen) atoms. The second-order valence-corrected chi connectivity index (χ2v) is 7.94. The average Bonchev–Trinajstić information content (AvgIpc) is 2.69. The Labute approximate surface area is 170 Å². The number of nitrogens with one attached hydrogen (secondary N) is 1. The number of benzene rings is 1. The molecule has 1 aliphatic heterocycles. The predicted molar refractivity (Wildman–Crippen MR) is 112 cm³/mol. The summed E-state index contributed by atoms with van der Waals surface area (Å²) in [6.07, 6.45) is 1.85. The summed E-state index contributed by atoms with van der Waals surface area (Å²) in [6.45, 7) is 8.12. The molecule has 7 heteroatoms. The van der Waals surface area contributed by atoms with Gasteiger partial charge in [-0.25, -0.2) is 4.68 Å². The van der Waals surface area contributed by atoms with Crippen molar-refractivity contribution in [1.82, 2.24) is 14.7 Å². The fraction of sp³-hybridized carbons (Fsp3) is 0.455. The van der Waals surface area contributed by atoms with Crippen LogP contribution in [0.1, 0.15) is 54.5 Å². The van der Waals surface area contributed by atoms with Crippen LogP contribution in [0.5, 0.6) is 0 Å². The standard InChI is InChI=1S/C22H28N4O3/c1-4-11-26-20(27)10-9-19(24-26)21(28)23-18-8-6-5-7-17(18)22(29)25-13-15(2)12-16(3)14-25/h5-10,15-16H,4,11-14H2,1-3H3,(H,23,28)/t15-,16-/m1/s1. The summed E-state index contributed by atoms with van der Waals surface area (Å²) in [6, 6.07) is 9.75. The third-order valence-electron chi connectivity index (χ3n) is 5.10. The molecule has 2 atom stereocenters. The van der Waals surface area contributed by atoms with E-state index in [1.54, 1.807) is 24.3 Å². The lowest BCUT2D eigenvalue weighted by Crippen LogP contribution is -2.42. The number of hydrogen-bond acceptors (Lipinski definition) is 4. The molecule has 0 spiro atoms. The van der Waals surface area contributed by atoms with Crippen LogP contribution >= 0.6 is 0 Å². The van der Waals surface area contributed by atoms with Crippen LogP contribution in [-0.2, 0) is 6.54 Å². The number of carbonyl (C=O) groups is 2. The third kappa shape index (κ3) is 4.91. The Morgan fingerprint density at radius 1 is 1.10 bits per heavy atom. The van der Waals surface area contributed by atoms with E-state index < -0.39 is 5.91 Å². The van der Waals surface area contributed by atoms with Crippen molar-refractivity contribution in [2.45, 2.75) is 40.2 Å². The Hall–Kier alpha value is -2.96. The number of anilines is 1. The summed E-state index contributed by atoms with van der Waals surface area (Å²) in [5, 5.41) is 6.93. The first-order chi connectivity index (χ1) is 13.9. The number of para-hydroxylation sites is 1. The lowest BCUT2D eigenvalue weighted by atomic mass is 9.91. The average molecular weight is 396 g/mol. The number of likely N-dealkylation sites (tertiary alicyclic amines) is 1. The fourth-order valence-corrected chi connectivity index (χ4v) is 3.91. The maximum Gasteiger partial charge on any atom is 0.276 e. The summed E-state index contributed by atoms with van der Waals surface area (Å²) in [5.74, 6) is 0.375. The van der Waals surface area contributed by atoms with Crippen molar-refractivity contribution in [3.05, 3.63) is 58.0 Å². The quantitative estimate of drug-likeness (QED) is 0.842. The maximum absolute atomic E-state index is 13.1. The van der Waals surface area contributed by atoms with Crippen LogP contribution in [0.2, 0.25) is 0 Å². The van der Waals surface area contributed by atoms with Gasteiger partial charge in [-0.1, -0.05) is 32.9 Å². The largest absolute Gasteiger partial charge is 0.338 e. The molecule has 7 nitrogen and oxygen atoms in total. The molecular weight excluding hydrogens is 368 g/mol. The molecule has 1 aliphatic rings. The van der Waals surface area contributed by atoms with E-state index in [2.05, 4.69) is 24.3 Å². The highest BCUT2D eigenvalue weighted by Crippen LogP contribution is 2.25. The van der Waals surface area contributed by atoms with Gasteiger partial charge in [0.15, 0.2) is 0 Å². The van der Waals surface area contributed by atoms with Gasteiger partial charge in [-0.2, -0.15) is 5.10 Å². The van der Waals surface area contributed by atoms with E-state index in [1.807, 2.05) is 11.8 Å². The van der Waals surface area contributed by atoms with Gasteiger partial charge in [-0.3, -0.25) is 14.4 Å². The van der Waals surface area contributed by atoms with Gasteiger partial charge in [0.1, 0.15) is 5.69 Å². The van der Waals surface area contributed by atoms with Crippen molar-refractivity contribution < 1.29 is 9.59 Å². The van der Waals surface area contributed by atoms with Gasteiger partial charge in [0.25, 0.3) is 17.4 Å². The van der Waals surface area contributed by atoms with Gasteiger partial charge in [0.2, 0.25) is 0 Å². The van der Waals surface area contributed by atoms with Crippen molar-refractivity contribution in [1.29, 1.82) is 0 Å². The minimum Gasteiger partial charge on any atom is -0.338 e. The number of aromatic nitrogens is 2. The van der Waals surface area contributed by atoms with E-state index in [0.29, 0.717) is 29.6 Å². The Kier molecular flexibility index (Phi) is 6.46. The number of amides is 2. The van der Waals surface area contributed by atoms with Crippen LogP contribution < -0.4 is 10.9 Å². The molecule has 1 fully saturated rings. The molecule has 0 bridgehead atoms. The van der Waals surface area contributed by atoms with Crippen LogP contribution in [0, 0.1) is 11.8 Å². The van der Waals surface area contributed by atoms with Crippen molar-refractivity contribution in [3.8, 4) is 0 Å². The first-order valence-corrected chi connectivity index (χ1v) is 10.2. The van der Waals surface area contributed by atoms with Crippen molar-refractivity contribution >= 4 is 17.5 Å². The highest BCUT2D eigenvalue weighted by Gasteiger charge is 2.27. The third-order valence-corrected chi connectivity index (χ3v) is 5.10. The monoisotopic (exact) mass is 396 g/mol. The molecule has 1 N–H and O–H groups in total. The number of aryl methyl sites for hydroxylation is 1. The van der Waals surface area contributed by atoms with E-state index in [-0.39, 0.29) is 17.2 Å². The summed E-state index contributed by atoms with van der Waals surface area (Å²) in [4.78, 5) is 39.5. The molecule has 0 unspecified atom stereocenters. The molecule has 1 saturated heterocycles. The van der Waals surface area contributed by atoms with E-state index >= 15 is 0 Å². The molecule has 154 valence electrons. The fourth-order valence-electron chi connectivity index (χ4n) is 3.91. The first kappa shape index (κ1) is 20.8. The second-order valence-electron chi connectivity index (χ2n) is 7.94. The highest BCUT2D eigenvalue weighted by atomic mass is 16.2. The molecular formula is C22H28N4O3. The van der Waals surface area contributed by atoms with Gasteiger partial charge in [0.05, 0.1) is 11.3 Å². The summed E-state index contributed by atoms with van der Waals surface area (Å²) < 4.78 is 1.28. The van der Waals surface area contributed by atoms with Gasteiger partial charge in [-0.15, -0.1) is 0 Å². The van der Waals surface area contributed by atoms with Gasteiger partial charge >= 0.3 is 0 Å². The van der Waals surface area contributed by atoms with Crippen LogP contribution in [0.25, 0.3) is 0 Å². The van der Waals surface area contributed by atoms with E-state index in [9.17, 15) is 14.4 Å². The second kappa shape index (κ2) is 9.03. The molecule has 0 saturated carbocycles. The maximum atomic E-state index is 13.1. The Morgan fingerprint density at radius 3 is 2.48 bits per heavy atom. The molecule has 2 aromatic rings. The van der Waals surface area contributed by atoms with Crippen LogP contribution in [0.4, 0.5) is 5.69 Å². The molecule has 2 heterocycles. The van der Waals surface area contributed by atoms with E-state index in [4.69, 9.17) is 0 Å². The number of carbonyl (C=O) groups excluding carboxylic acids is 2. The minimum atomic E-state index is -0.449. The highest BCUT2D eigenvalue weighted by molar-refractivity contribution is 6.08. The lowest BCUT2D eigenvalue weighted by Gasteiger charge is -2.35.